The normalized spacial score (nSPS) is 15.0. The molecule has 0 saturated heterocycles. The smallest absolute Gasteiger partial charge is 0.0543 e. The highest BCUT2D eigenvalue weighted by atomic mass is 15.2. The van der Waals surface area contributed by atoms with Crippen LogP contribution >= 0.6 is 0 Å². The summed E-state index contributed by atoms with van der Waals surface area (Å²) < 4.78 is 2.41. The van der Waals surface area contributed by atoms with Crippen LogP contribution in [0.15, 0.2) is 194 Å². The molecule has 1 aliphatic rings. The number of anilines is 3. The third-order valence-electron chi connectivity index (χ3n) is 14.3. The van der Waals surface area contributed by atoms with E-state index in [0.29, 0.717) is 0 Å². The van der Waals surface area contributed by atoms with Crippen molar-refractivity contribution in [2.24, 2.45) is 5.41 Å². The van der Waals surface area contributed by atoms with E-state index in [-0.39, 0.29) is 16.2 Å². The average Bonchev–Trinajstić information content (AvgIpc) is 3.66. The minimum Gasteiger partial charge on any atom is -0.309 e. The molecule has 0 atom stereocenters. The Morgan fingerprint density at radius 3 is 1.27 bits per heavy atom. The van der Waals surface area contributed by atoms with Crippen LogP contribution in [0.1, 0.15) is 52.7 Å². The van der Waals surface area contributed by atoms with Crippen molar-refractivity contribution in [1.82, 2.24) is 4.57 Å². The van der Waals surface area contributed by atoms with Gasteiger partial charge in [0.15, 0.2) is 0 Å². The Morgan fingerprint density at radius 2 is 0.763 bits per heavy atom. The van der Waals surface area contributed by atoms with Gasteiger partial charge in [0, 0.05) is 33.2 Å². The molecule has 10 rings (SSSR count). The molecule has 0 radical (unpaired) electrons. The summed E-state index contributed by atoms with van der Waals surface area (Å²) in [5, 5.41) is 2.54. The number of hydrogen-bond donors (Lipinski definition) is 0. The van der Waals surface area contributed by atoms with Crippen LogP contribution in [-0.2, 0) is 10.8 Å². The van der Waals surface area contributed by atoms with Crippen LogP contribution in [-0.4, -0.2) is 4.57 Å². The highest BCUT2D eigenvalue weighted by molar-refractivity contribution is 6.09. The predicted octanol–water partition coefficient (Wildman–Crippen LogP) is 15.8. The van der Waals surface area contributed by atoms with E-state index in [9.17, 15) is 0 Å². The molecule has 0 N–H and O–H groups in total. The first-order valence-corrected chi connectivity index (χ1v) is 20.9. The third kappa shape index (κ3) is 5.61. The lowest BCUT2D eigenvalue weighted by Gasteiger charge is -2.44. The number of aromatic nitrogens is 1. The van der Waals surface area contributed by atoms with E-state index in [1.807, 2.05) is 0 Å². The number of nitrogens with zero attached hydrogens (tertiary/aromatic N) is 2. The van der Waals surface area contributed by atoms with Gasteiger partial charge in [-0.05, 0) is 92.6 Å². The van der Waals surface area contributed by atoms with Crippen LogP contribution in [0.25, 0.3) is 60.9 Å². The van der Waals surface area contributed by atoms with E-state index in [2.05, 4.69) is 245 Å². The molecule has 0 aliphatic heterocycles. The van der Waals surface area contributed by atoms with Gasteiger partial charge in [0.2, 0.25) is 0 Å². The summed E-state index contributed by atoms with van der Waals surface area (Å²) in [6.45, 7) is 14.7. The van der Waals surface area contributed by atoms with Crippen molar-refractivity contribution >= 4 is 38.9 Å². The molecule has 0 saturated carbocycles. The molecule has 1 aromatic heterocycles. The van der Waals surface area contributed by atoms with Crippen molar-refractivity contribution in [3.63, 3.8) is 0 Å². The van der Waals surface area contributed by atoms with E-state index >= 15 is 0 Å². The lowest BCUT2D eigenvalue weighted by Crippen LogP contribution is -2.42. The molecule has 0 unspecified atom stereocenters. The van der Waals surface area contributed by atoms with Crippen molar-refractivity contribution in [1.29, 1.82) is 0 Å². The first-order chi connectivity index (χ1) is 28.6. The molecule has 0 amide bonds. The minimum absolute atomic E-state index is 0.00661. The molecule has 9 aromatic rings. The Hall–Kier alpha value is -6.64. The second kappa shape index (κ2) is 13.7. The predicted molar refractivity (Wildman–Crippen MR) is 252 cm³/mol. The highest BCUT2D eigenvalue weighted by Gasteiger charge is 2.57. The highest BCUT2D eigenvalue weighted by Crippen LogP contribution is 2.63. The zero-order chi connectivity index (χ0) is 40.5. The molecular formula is C57H50N2. The molecule has 0 bridgehead atoms. The summed E-state index contributed by atoms with van der Waals surface area (Å²) in [6, 6.07) is 71.4. The fourth-order valence-corrected chi connectivity index (χ4v) is 9.93. The lowest BCUT2D eigenvalue weighted by molar-refractivity contribution is 0.125. The Balaban J connectivity index is 1.27. The summed E-state index contributed by atoms with van der Waals surface area (Å²) in [7, 11) is 0. The lowest BCUT2D eigenvalue weighted by atomic mass is 9.59. The molecule has 0 spiro atoms. The van der Waals surface area contributed by atoms with Crippen LogP contribution in [0.4, 0.5) is 17.1 Å². The van der Waals surface area contributed by atoms with Gasteiger partial charge in [-0.25, -0.2) is 0 Å². The maximum atomic E-state index is 2.55. The van der Waals surface area contributed by atoms with E-state index in [1.165, 1.54) is 72.0 Å². The van der Waals surface area contributed by atoms with Crippen LogP contribution in [0.2, 0.25) is 0 Å². The van der Waals surface area contributed by atoms with Gasteiger partial charge in [0.1, 0.15) is 0 Å². The molecular weight excluding hydrogens is 713 g/mol. The maximum Gasteiger partial charge on any atom is 0.0543 e. The Morgan fingerprint density at radius 1 is 0.356 bits per heavy atom. The minimum atomic E-state index is -0.0942. The summed E-state index contributed by atoms with van der Waals surface area (Å²) in [5.41, 5.74) is 16.8. The molecule has 1 heterocycles. The average molecular weight is 763 g/mol. The topological polar surface area (TPSA) is 8.17 Å². The first kappa shape index (κ1) is 36.7. The summed E-state index contributed by atoms with van der Waals surface area (Å²) in [4.78, 5) is 2.55. The van der Waals surface area contributed by atoms with Gasteiger partial charge in [0.25, 0.3) is 0 Å². The van der Waals surface area contributed by atoms with Gasteiger partial charge < -0.3 is 9.47 Å². The molecule has 0 fully saturated rings. The van der Waals surface area contributed by atoms with Crippen LogP contribution in [0.3, 0.4) is 0 Å². The number of rotatable bonds is 7. The number of fused-ring (bicyclic) bond motifs is 4. The number of para-hydroxylation sites is 4. The Labute approximate surface area is 349 Å². The fourth-order valence-electron chi connectivity index (χ4n) is 9.93. The summed E-state index contributed by atoms with van der Waals surface area (Å²) >= 11 is 0. The van der Waals surface area contributed by atoms with Crippen molar-refractivity contribution in [2.75, 3.05) is 4.90 Å². The van der Waals surface area contributed by atoms with E-state index in [1.54, 1.807) is 0 Å². The second-order valence-corrected chi connectivity index (χ2v) is 17.8. The van der Waals surface area contributed by atoms with Crippen LogP contribution < -0.4 is 4.90 Å². The second-order valence-electron chi connectivity index (χ2n) is 17.8. The van der Waals surface area contributed by atoms with Gasteiger partial charge >= 0.3 is 0 Å². The first-order valence-electron chi connectivity index (χ1n) is 20.9. The van der Waals surface area contributed by atoms with Gasteiger partial charge in [-0.1, -0.05) is 187 Å². The summed E-state index contributed by atoms with van der Waals surface area (Å²) in [6.07, 6.45) is 0. The van der Waals surface area contributed by atoms with Crippen LogP contribution in [0, 0.1) is 5.41 Å². The number of hydrogen-bond acceptors (Lipinski definition) is 1. The van der Waals surface area contributed by atoms with E-state index in [4.69, 9.17) is 0 Å². The third-order valence-corrected chi connectivity index (χ3v) is 14.3. The Kier molecular flexibility index (Phi) is 8.54. The largest absolute Gasteiger partial charge is 0.309 e. The van der Waals surface area contributed by atoms with Crippen LogP contribution in [0.5, 0.6) is 0 Å². The fraction of sp³-hybridized carbons (Fsp3) is 0.158. The van der Waals surface area contributed by atoms with Gasteiger partial charge in [0.05, 0.1) is 28.1 Å². The molecule has 59 heavy (non-hydrogen) atoms. The zero-order valence-electron chi connectivity index (χ0n) is 34.9. The molecule has 288 valence electrons. The van der Waals surface area contributed by atoms with E-state index < -0.39 is 0 Å². The van der Waals surface area contributed by atoms with Crippen molar-refractivity contribution in [2.45, 2.75) is 52.4 Å². The molecule has 2 nitrogen and oxygen atoms in total. The molecule has 2 heteroatoms. The monoisotopic (exact) mass is 762 g/mol. The Bertz CT molecular complexity index is 2860. The summed E-state index contributed by atoms with van der Waals surface area (Å²) in [5.74, 6) is 0. The molecule has 1 aliphatic carbocycles. The molecule has 8 aromatic carbocycles. The van der Waals surface area contributed by atoms with Crippen molar-refractivity contribution in [3.05, 3.63) is 205 Å². The van der Waals surface area contributed by atoms with Gasteiger partial charge in [-0.2, -0.15) is 0 Å². The van der Waals surface area contributed by atoms with E-state index in [0.717, 1.165) is 17.1 Å². The standard InChI is InChI=1S/C57H50N2/c1-55(2)48-37-47(41-33-35-42(36-34-41)58-52-31-19-15-27-45(52)46-28-16-20-32-53(46)58)54(38-49(48)56(3,4)57(55,5)6)59(50-29-17-13-25-43(50)39-21-9-7-10-22-39)51-30-18-14-26-44(51)40-23-11-8-12-24-40/h7-38H,1-6H3. The van der Waals surface area contributed by atoms with Crippen molar-refractivity contribution < 1.29 is 0 Å². The number of benzene rings is 8. The van der Waals surface area contributed by atoms with Gasteiger partial charge in [-0.3, -0.25) is 0 Å². The van der Waals surface area contributed by atoms with Gasteiger partial charge in [-0.15, -0.1) is 0 Å². The zero-order valence-corrected chi connectivity index (χ0v) is 34.9. The quantitative estimate of drug-likeness (QED) is 0.157. The van der Waals surface area contributed by atoms with Crippen molar-refractivity contribution in [3.8, 4) is 39.1 Å². The SMILES string of the molecule is CC1(C)c2cc(-c3ccc(-n4c5ccccc5c5ccccc54)cc3)c(N(c3ccccc3-c3ccccc3)c3ccccc3-c3ccccc3)cc2C(C)(C)C1(C)C. The maximum absolute atomic E-state index is 2.55.